The molecule has 5 nitrogen and oxygen atoms in total. The lowest BCUT2D eigenvalue weighted by Crippen LogP contribution is -2.43. The first kappa shape index (κ1) is 17.4. The minimum Gasteiger partial charge on any atom is -0.384 e. The van der Waals surface area contributed by atoms with Gasteiger partial charge >= 0.3 is 0 Å². The van der Waals surface area contributed by atoms with Gasteiger partial charge in [0.15, 0.2) is 0 Å². The minimum atomic E-state index is 0.0165. The van der Waals surface area contributed by atoms with Crippen molar-refractivity contribution >= 4 is 11.7 Å². The molecule has 0 aliphatic heterocycles. The number of carbonyl (C=O) groups is 1. The number of hydrogen-bond donors (Lipinski definition) is 1. The summed E-state index contributed by atoms with van der Waals surface area (Å²) in [4.78, 5) is 21.0. The van der Waals surface area contributed by atoms with Crippen molar-refractivity contribution in [3.8, 4) is 0 Å². The number of carbonyl (C=O) groups excluding carboxylic acids is 1. The summed E-state index contributed by atoms with van der Waals surface area (Å²) in [6, 6.07) is 3.67. The van der Waals surface area contributed by atoms with Crippen molar-refractivity contribution in [1.82, 2.24) is 14.8 Å². The summed E-state index contributed by atoms with van der Waals surface area (Å²) in [6.45, 7) is 9.65. The molecule has 0 saturated heterocycles. The highest BCUT2D eigenvalue weighted by atomic mass is 16.2. The summed E-state index contributed by atoms with van der Waals surface area (Å²) >= 11 is 0. The largest absolute Gasteiger partial charge is 0.384 e. The zero-order chi connectivity index (χ0) is 16.2. The van der Waals surface area contributed by atoms with E-state index in [9.17, 15) is 4.79 Å². The van der Waals surface area contributed by atoms with Crippen LogP contribution < -0.4 is 5.73 Å². The van der Waals surface area contributed by atoms with Crippen LogP contribution in [0.3, 0.4) is 0 Å². The molecule has 1 heterocycles. The Balaban J connectivity index is 3.05. The predicted molar refractivity (Wildman–Crippen MR) is 87.5 cm³/mol. The molecule has 118 valence electrons. The molecular weight excluding hydrogens is 264 g/mol. The predicted octanol–water partition coefficient (Wildman–Crippen LogP) is 2.20. The fraction of sp³-hybridized carbons (Fsp3) is 0.625. The van der Waals surface area contributed by atoms with Crippen LogP contribution in [0.1, 0.15) is 49.7 Å². The highest BCUT2D eigenvalue weighted by Crippen LogP contribution is 2.18. The molecular formula is C16H28N4O. The van der Waals surface area contributed by atoms with Gasteiger partial charge in [-0.2, -0.15) is 0 Å². The molecule has 0 aliphatic carbocycles. The van der Waals surface area contributed by atoms with Crippen LogP contribution in [0, 0.1) is 0 Å². The third-order valence-corrected chi connectivity index (χ3v) is 3.47. The van der Waals surface area contributed by atoms with E-state index in [0.29, 0.717) is 17.9 Å². The zero-order valence-electron chi connectivity index (χ0n) is 14.1. The van der Waals surface area contributed by atoms with E-state index in [1.807, 2.05) is 45.8 Å². The molecule has 1 amide bonds. The van der Waals surface area contributed by atoms with Crippen LogP contribution >= 0.6 is 0 Å². The molecule has 1 rings (SSSR count). The molecule has 0 saturated carbocycles. The monoisotopic (exact) mass is 292 g/mol. The number of nitrogen functional groups attached to an aromatic ring is 1. The first-order chi connectivity index (χ1) is 9.76. The van der Waals surface area contributed by atoms with Gasteiger partial charge in [0.2, 0.25) is 0 Å². The summed E-state index contributed by atoms with van der Waals surface area (Å²) in [6.07, 6.45) is 0. The van der Waals surface area contributed by atoms with Crippen LogP contribution in [-0.4, -0.2) is 53.9 Å². The fourth-order valence-electron chi connectivity index (χ4n) is 2.44. The fourth-order valence-corrected chi connectivity index (χ4v) is 2.44. The van der Waals surface area contributed by atoms with E-state index in [1.165, 1.54) is 0 Å². The Morgan fingerprint density at radius 1 is 1.29 bits per heavy atom. The first-order valence-electron chi connectivity index (χ1n) is 7.49. The minimum absolute atomic E-state index is 0.0165. The summed E-state index contributed by atoms with van der Waals surface area (Å²) in [5, 5.41) is 0. The SMILES string of the molecule is CCN(C(=O)c1cc(N)nc(C(C)C)c1)C(C)CN(C)C. The molecule has 0 spiro atoms. The average molecular weight is 292 g/mol. The van der Waals surface area contributed by atoms with Crippen molar-refractivity contribution in [2.75, 3.05) is 32.9 Å². The number of hydrogen-bond acceptors (Lipinski definition) is 4. The number of pyridine rings is 1. The third kappa shape index (κ3) is 4.70. The van der Waals surface area contributed by atoms with Crippen LogP contribution in [0.25, 0.3) is 0 Å². The van der Waals surface area contributed by atoms with Gasteiger partial charge in [-0.3, -0.25) is 4.79 Å². The summed E-state index contributed by atoms with van der Waals surface area (Å²) in [5.74, 6) is 0.665. The molecule has 0 radical (unpaired) electrons. The van der Waals surface area contributed by atoms with Crippen LogP contribution in [0.2, 0.25) is 0 Å². The molecule has 0 bridgehead atoms. The number of amides is 1. The van der Waals surface area contributed by atoms with Crippen molar-refractivity contribution in [3.63, 3.8) is 0 Å². The van der Waals surface area contributed by atoms with Crippen LogP contribution in [0.5, 0.6) is 0 Å². The molecule has 21 heavy (non-hydrogen) atoms. The van der Waals surface area contributed by atoms with Crippen molar-refractivity contribution in [3.05, 3.63) is 23.4 Å². The number of aromatic nitrogens is 1. The first-order valence-corrected chi connectivity index (χ1v) is 7.49. The van der Waals surface area contributed by atoms with Gasteiger partial charge < -0.3 is 15.5 Å². The average Bonchev–Trinajstić information content (AvgIpc) is 2.37. The summed E-state index contributed by atoms with van der Waals surface area (Å²) in [5.41, 5.74) is 7.32. The molecule has 1 aromatic heterocycles. The Morgan fingerprint density at radius 2 is 1.90 bits per heavy atom. The number of nitrogens with two attached hydrogens (primary N) is 1. The Morgan fingerprint density at radius 3 is 2.38 bits per heavy atom. The van der Waals surface area contributed by atoms with Gasteiger partial charge in [0.05, 0.1) is 0 Å². The van der Waals surface area contributed by atoms with Gasteiger partial charge in [0.25, 0.3) is 5.91 Å². The Bertz CT molecular complexity index is 485. The highest BCUT2D eigenvalue weighted by Gasteiger charge is 2.21. The summed E-state index contributed by atoms with van der Waals surface area (Å²) in [7, 11) is 4.02. The van der Waals surface area contributed by atoms with Crippen molar-refractivity contribution in [2.24, 2.45) is 0 Å². The lowest BCUT2D eigenvalue weighted by atomic mass is 10.1. The zero-order valence-corrected chi connectivity index (χ0v) is 14.1. The number of anilines is 1. The van der Waals surface area contributed by atoms with Crippen molar-refractivity contribution in [2.45, 2.75) is 39.7 Å². The topological polar surface area (TPSA) is 62.5 Å². The maximum atomic E-state index is 12.7. The molecule has 0 fully saturated rings. The van der Waals surface area contributed by atoms with Gasteiger partial charge in [0.1, 0.15) is 5.82 Å². The second-order valence-electron chi connectivity index (χ2n) is 6.06. The normalized spacial score (nSPS) is 12.8. The molecule has 0 aliphatic rings. The molecule has 1 aromatic rings. The van der Waals surface area contributed by atoms with E-state index in [2.05, 4.69) is 16.8 Å². The standard InChI is InChI=1S/C16H28N4O/c1-7-20(12(4)10-19(5)6)16(21)13-8-14(11(2)3)18-15(17)9-13/h8-9,11-12H,7,10H2,1-6H3,(H2,17,18). The van der Waals surface area contributed by atoms with Gasteiger partial charge in [-0.05, 0) is 46.0 Å². The smallest absolute Gasteiger partial charge is 0.254 e. The Hall–Kier alpha value is -1.62. The second-order valence-corrected chi connectivity index (χ2v) is 6.06. The molecule has 1 unspecified atom stereocenters. The number of likely N-dealkylation sites (N-methyl/N-ethyl adjacent to an activating group) is 2. The van der Waals surface area contributed by atoms with Gasteiger partial charge in [-0.1, -0.05) is 13.8 Å². The van der Waals surface area contributed by atoms with E-state index in [-0.39, 0.29) is 17.9 Å². The Kier molecular flexibility index (Phi) is 6.15. The van der Waals surface area contributed by atoms with Gasteiger partial charge in [0, 0.05) is 30.4 Å². The van der Waals surface area contributed by atoms with E-state index < -0.39 is 0 Å². The van der Waals surface area contributed by atoms with Gasteiger partial charge in [-0.15, -0.1) is 0 Å². The van der Waals surface area contributed by atoms with E-state index >= 15 is 0 Å². The highest BCUT2D eigenvalue weighted by molar-refractivity contribution is 5.95. The number of rotatable bonds is 6. The van der Waals surface area contributed by atoms with Crippen LogP contribution in [-0.2, 0) is 0 Å². The molecule has 1 atom stereocenters. The van der Waals surface area contributed by atoms with E-state index in [4.69, 9.17) is 5.73 Å². The number of nitrogens with zero attached hydrogens (tertiary/aromatic N) is 3. The molecule has 0 aromatic carbocycles. The van der Waals surface area contributed by atoms with Gasteiger partial charge in [-0.25, -0.2) is 4.98 Å². The second kappa shape index (κ2) is 7.41. The van der Waals surface area contributed by atoms with E-state index in [1.54, 1.807) is 6.07 Å². The van der Waals surface area contributed by atoms with Crippen LogP contribution in [0.15, 0.2) is 12.1 Å². The maximum Gasteiger partial charge on any atom is 0.254 e. The van der Waals surface area contributed by atoms with Crippen LogP contribution in [0.4, 0.5) is 5.82 Å². The van der Waals surface area contributed by atoms with Crippen molar-refractivity contribution < 1.29 is 4.79 Å². The lowest BCUT2D eigenvalue weighted by molar-refractivity contribution is 0.0679. The lowest BCUT2D eigenvalue weighted by Gasteiger charge is -2.30. The Labute approximate surface area is 128 Å². The summed E-state index contributed by atoms with van der Waals surface area (Å²) < 4.78 is 0. The van der Waals surface area contributed by atoms with E-state index in [0.717, 1.165) is 12.2 Å². The maximum absolute atomic E-state index is 12.7. The third-order valence-electron chi connectivity index (χ3n) is 3.47. The molecule has 5 heteroatoms. The van der Waals surface area contributed by atoms with Crippen molar-refractivity contribution in [1.29, 1.82) is 0 Å². The molecule has 2 N–H and O–H groups in total. The quantitative estimate of drug-likeness (QED) is 0.873.